The van der Waals surface area contributed by atoms with E-state index in [2.05, 4.69) is 19.4 Å². The second-order valence-electron chi connectivity index (χ2n) is 2.84. The van der Waals surface area contributed by atoms with Crippen LogP contribution in [0.25, 0.3) is 0 Å². The lowest BCUT2D eigenvalue weighted by molar-refractivity contribution is -0.170. The van der Waals surface area contributed by atoms with Gasteiger partial charge in [-0.1, -0.05) is 0 Å². The minimum Gasteiger partial charge on any atom is -0.464 e. The molecule has 6 nitrogen and oxygen atoms in total. The Morgan fingerprint density at radius 1 is 1.18 bits per heavy atom. The molecule has 1 aromatic heterocycles. The maximum Gasteiger partial charge on any atom is 0.385 e. The van der Waals surface area contributed by atoms with Crippen LogP contribution in [0, 0.1) is 0 Å². The van der Waals surface area contributed by atoms with E-state index >= 15 is 0 Å². The van der Waals surface area contributed by atoms with E-state index in [-0.39, 0.29) is 5.69 Å². The first-order valence-corrected chi connectivity index (χ1v) is 4.30. The highest BCUT2D eigenvalue weighted by Crippen LogP contribution is 2.26. The van der Waals surface area contributed by atoms with Crippen LogP contribution in [0.2, 0.25) is 0 Å². The Morgan fingerprint density at radius 3 is 2.24 bits per heavy atom. The van der Waals surface area contributed by atoms with Crippen LogP contribution in [-0.2, 0) is 20.2 Å². The van der Waals surface area contributed by atoms with E-state index in [9.17, 15) is 18.4 Å². The molecule has 17 heavy (non-hydrogen) atoms. The number of hydrogen-bond acceptors (Lipinski definition) is 6. The highest BCUT2D eigenvalue weighted by atomic mass is 19.3. The molecule has 0 aliphatic carbocycles. The van der Waals surface area contributed by atoms with Crippen LogP contribution in [0.15, 0.2) is 12.4 Å². The molecule has 0 aliphatic rings. The summed E-state index contributed by atoms with van der Waals surface area (Å²) in [7, 11) is 1.94. The molecule has 1 rings (SSSR count). The molecule has 0 saturated heterocycles. The van der Waals surface area contributed by atoms with Gasteiger partial charge in [-0.2, -0.15) is 8.78 Å². The van der Waals surface area contributed by atoms with Crippen LogP contribution in [0.3, 0.4) is 0 Å². The van der Waals surface area contributed by atoms with Gasteiger partial charge in [0.1, 0.15) is 5.69 Å². The Morgan fingerprint density at radius 2 is 1.82 bits per heavy atom. The Hall–Kier alpha value is -2.12. The van der Waals surface area contributed by atoms with Crippen molar-refractivity contribution in [3.8, 4) is 0 Å². The number of nitrogens with zero attached hydrogens (tertiary/aromatic N) is 2. The Balaban J connectivity index is 3.02. The van der Waals surface area contributed by atoms with Crippen LogP contribution < -0.4 is 0 Å². The molecular formula is C9H8F2N2O4. The molecule has 1 heterocycles. The minimum atomic E-state index is -3.91. The number of rotatable bonds is 3. The smallest absolute Gasteiger partial charge is 0.385 e. The monoisotopic (exact) mass is 246 g/mol. The molecular weight excluding hydrogens is 238 g/mol. The zero-order valence-electron chi connectivity index (χ0n) is 8.94. The third-order valence-electron chi connectivity index (χ3n) is 1.81. The summed E-state index contributed by atoms with van der Waals surface area (Å²) in [6.07, 6.45) is 1.40. The van der Waals surface area contributed by atoms with Crippen molar-refractivity contribution in [2.75, 3.05) is 14.2 Å². The van der Waals surface area contributed by atoms with Crippen LogP contribution >= 0.6 is 0 Å². The van der Waals surface area contributed by atoms with E-state index in [1.807, 2.05) is 0 Å². The van der Waals surface area contributed by atoms with Gasteiger partial charge in [-0.3, -0.25) is 4.98 Å². The number of methoxy groups -OCH3 is 2. The average Bonchev–Trinajstić information content (AvgIpc) is 2.36. The number of carbonyl (C=O) groups is 2. The number of alkyl halides is 2. The van der Waals surface area contributed by atoms with Crippen molar-refractivity contribution in [2.45, 2.75) is 5.92 Å². The second-order valence-corrected chi connectivity index (χ2v) is 2.84. The number of aromatic nitrogens is 2. The molecule has 0 aliphatic heterocycles. The molecule has 92 valence electrons. The van der Waals surface area contributed by atoms with Crippen LogP contribution in [0.1, 0.15) is 16.2 Å². The van der Waals surface area contributed by atoms with Gasteiger partial charge in [-0.25, -0.2) is 14.6 Å². The molecule has 0 fully saturated rings. The van der Waals surface area contributed by atoms with E-state index in [0.717, 1.165) is 20.4 Å². The van der Waals surface area contributed by atoms with Gasteiger partial charge in [-0.05, 0) is 0 Å². The zero-order chi connectivity index (χ0) is 13.1. The first-order valence-electron chi connectivity index (χ1n) is 4.30. The van der Waals surface area contributed by atoms with Crippen molar-refractivity contribution in [3.05, 3.63) is 23.8 Å². The number of esters is 2. The maximum absolute atomic E-state index is 13.3. The predicted octanol–water partition coefficient (Wildman–Crippen LogP) is 0.528. The van der Waals surface area contributed by atoms with E-state index in [0.29, 0.717) is 6.20 Å². The van der Waals surface area contributed by atoms with Gasteiger partial charge in [0.15, 0.2) is 5.69 Å². The Kier molecular flexibility index (Phi) is 3.66. The van der Waals surface area contributed by atoms with E-state index in [1.54, 1.807) is 0 Å². The van der Waals surface area contributed by atoms with Gasteiger partial charge >= 0.3 is 17.9 Å². The molecule has 0 radical (unpaired) electrons. The summed E-state index contributed by atoms with van der Waals surface area (Å²) in [6, 6.07) is 0. The highest BCUT2D eigenvalue weighted by Gasteiger charge is 2.44. The second kappa shape index (κ2) is 4.81. The summed E-state index contributed by atoms with van der Waals surface area (Å²) in [5.41, 5.74) is -1.14. The fourth-order valence-electron chi connectivity index (χ4n) is 0.933. The molecule has 0 bridgehead atoms. The molecule has 8 heteroatoms. The van der Waals surface area contributed by atoms with Gasteiger partial charge in [-0.15, -0.1) is 0 Å². The summed E-state index contributed by atoms with van der Waals surface area (Å²) in [6.45, 7) is 0. The predicted molar refractivity (Wildman–Crippen MR) is 49.3 cm³/mol. The van der Waals surface area contributed by atoms with Gasteiger partial charge in [0.2, 0.25) is 0 Å². The minimum absolute atomic E-state index is 0.239. The molecule has 1 aromatic rings. The van der Waals surface area contributed by atoms with E-state index < -0.39 is 23.6 Å². The average molecular weight is 246 g/mol. The third-order valence-corrected chi connectivity index (χ3v) is 1.81. The Bertz CT molecular complexity index is 433. The topological polar surface area (TPSA) is 78.4 Å². The lowest BCUT2D eigenvalue weighted by Crippen LogP contribution is -2.28. The largest absolute Gasteiger partial charge is 0.464 e. The summed E-state index contributed by atoms with van der Waals surface area (Å²) < 4.78 is 34.8. The number of ether oxygens (including phenoxy) is 2. The third kappa shape index (κ3) is 2.52. The maximum atomic E-state index is 13.3. The van der Waals surface area contributed by atoms with Crippen molar-refractivity contribution in [3.63, 3.8) is 0 Å². The first kappa shape index (κ1) is 12.9. The van der Waals surface area contributed by atoms with Crippen molar-refractivity contribution in [2.24, 2.45) is 0 Å². The molecule has 0 spiro atoms. The quantitative estimate of drug-likeness (QED) is 0.724. The first-order chi connectivity index (χ1) is 7.93. The standard InChI is InChI=1S/C9H8F2N2O4/c1-16-7(14)5-3-13-6(4-12-5)9(10,11)8(15)17-2/h3-4H,1-2H3. The van der Waals surface area contributed by atoms with Crippen molar-refractivity contribution in [1.82, 2.24) is 9.97 Å². The van der Waals surface area contributed by atoms with Gasteiger partial charge < -0.3 is 9.47 Å². The fourth-order valence-corrected chi connectivity index (χ4v) is 0.933. The normalized spacial score (nSPS) is 10.8. The molecule has 0 unspecified atom stereocenters. The fraction of sp³-hybridized carbons (Fsp3) is 0.333. The van der Waals surface area contributed by atoms with Gasteiger partial charge in [0.25, 0.3) is 0 Å². The molecule has 0 amide bonds. The molecule has 0 atom stereocenters. The summed E-state index contributed by atoms with van der Waals surface area (Å²) in [4.78, 5) is 28.4. The van der Waals surface area contributed by atoms with Gasteiger partial charge in [0, 0.05) is 0 Å². The summed E-state index contributed by atoms with van der Waals surface area (Å²) in [5, 5.41) is 0. The SMILES string of the molecule is COC(=O)c1cnc(C(F)(F)C(=O)OC)cn1. The summed E-state index contributed by atoms with van der Waals surface area (Å²) >= 11 is 0. The lowest BCUT2D eigenvalue weighted by atomic mass is 10.2. The zero-order valence-corrected chi connectivity index (χ0v) is 8.94. The van der Waals surface area contributed by atoms with Crippen LogP contribution in [0.4, 0.5) is 8.78 Å². The molecule has 0 aromatic carbocycles. The van der Waals surface area contributed by atoms with Crippen LogP contribution in [0.5, 0.6) is 0 Å². The van der Waals surface area contributed by atoms with Crippen molar-refractivity contribution < 1.29 is 27.8 Å². The number of carbonyl (C=O) groups excluding carboxylic acids is 2. The Labute approximate surface area is 94.6 Å². The molecule has 0 N–H and O–H groups in total. The highest BCUT2D eigenvalue weighted by molar-refractivity contribution is 5.86. The van der Waals surface area contributed by atoms with Crippen molar-refractivity contribution >= 4 is 11.9 Å². The molecule has 0 saturated carbocycles. The lowest BCUT2D eigenvalue weighted by Gasteiger charge is -2.12. The van der Waals surface area contributed by atoms with E-state index in [1.165, 1.54) is 0 Å². The number of hydrogen-bond donors (Lipinski definition) is 0. The van der Waals surface area contributed by atoms with Crippen molar-refractivity contribution in [1.29, 1.82) is 0 Å². The van der Waals surface area contributed by atoms with Gasteiger partial charge in [0.05, 0.1) is 26.6 Å². The van der Waals surface area contributed by atoms with E-state index in [4.69, 9.17) is 0 Å². The van der Waals surface area contributed by atoms with Crippen LogP contribution in [-0.4, -0.2) is 36.1 Å². The number of halogens is 2. The summed E-state index contributed by atoms with van der Waals surface area (Å²) in [5.74, 6) is -6.47.